The van der Waals surface area contributed by atoms with E-state index in [1.165, 1.54) is 19.2 Å². The average molecular weight is 343 g/mol. The first kappa shape index (κ1) is 15.5. The third-order valence-electron chi connectivity index (χ3n) is 4.12. The van der Waals surface area contributed by atoms with Crippen LogP contribution in [0.25, 0.3) is 0 Å². The summed E-state index contributed by atoms with van der Waals surface area (Å²) in [6, 6.07) is 0. The maximum atomic E-state index is 6.18. The lowest BCUT2D eigenvalue weighted by Crippen LogP contribution is -2.36. The van der Waals surface area contributed by atoms with Crippen LogP contribution in [0.1, 0.15) is 40.0 Å². The number of hydrogen-bond donors (Lipinski definition) is 2. The monoisotopic (exact) mass is 342 g/mol. The van der Waals surface area contributed by atoms with E-state index in [2.05, 4.69) is 52.1 Å². The van der Waals surface area contributed by atoms with Crippen LogP contribution in [0.15, 0.2) is 10.8 Å². The Labute approximate surface area is 128 Å². The van der Waals surface area contributed by atoms with Gasteiger partial charge >= 0.3 is 0 Å². The van der Waals surface area contributed by atoms with Crippen molar-refractivity contribution in [3.63, 3.8) is 0 Å². The van der Waals surface area contributed by atoms with Gasteiger partial charge < -0.3 is 10.2 Å². The molecule has 0 saturated heterocycles. The van der Waals surface area contributed by atoms with Crippen LogP contribution in [0.3, 0.4) is 0 Å². The van der Waals surface area contributed by atoms with Crippen LogP contribution in [-0.2, 0) is 0 Å². The molecule has 6 heteroatoms. The van der Waals surface area contributed by atoms with Gasteiger partial charge in [0, 0.05) is 0 Å². The second kappa shape index (κ2) is 6.72. The van der Waals surface area contributed by atoms with Crippen LogP contribution in [0, 0.1) is 17.8 Å². The summed E-state index contributed by atoms with van der Waals surface area (Å²) in [5, 5.41) is 0. The molecule has 5 nitrogen and oxygen atoms in total. The minimum Gasteiger partial charge on any atom is -0.473 e. The zero-order chi connectivity index (χ0) is 14.7. The number of ether oxygens (including phenoxy) is 1. The minimum atomic E-state index is 0.204. The first-order chi connectivity index (χ1) is 9.52. The van der Waals surface area contributed by atoms with Crippen LogP contribution in [0.4, 0.5) is 5.82 Å². The predicted molar refractivity (Wildman–Crippen MR) is 83.3 cm³/mol. The molecular weight excluding hydrogens is 320 g/mol. The van der Waals surface area contributed by atoms with Gasteiger partial charge in [-0.3, -0.25) is 0 Å². The highest BCUT2D eigenvalue weighted by Gasteiger charge is 2.33. The van der Waals surface area contributed by atoms with Crippen molar-refractivity contribution in [1.29, 1.82) is 0 Å². The molecule has 20 heavy (non-hydrogen) atoms. The molecule has 0 radical (unpaired) electrons. The second-order valence-electron chi connectivity index (χ2n) is 5.97. The van der Waals surface area contributed by atoms with E-state index in [0.29, 0.717) is 33.9 Å². The Morgan fingerprint density at radius 3 is 2.80 bits per heavy atom. The van der Waals surface area contributed by atoms with E-state index in [1.54, 1.807) is 0 Å². The van der Waals surface area contributed by atoms with E-state index in [-0.39, 0.29) is 6.10 Å². The number of anilines is 1. The number of aromatic nitrogens is 2. The van der Waals surface area contributed by atoms with Gasteiger partial charge in [-0.25, -0.2) is 15.8 Å². The molecule has 112 valence electrons. The Morgan fingerprint density at radius 2 is 2.15 bits per heavy atom. The molecule has 3 N–H and O–H groups in total. The standard InChI is InChI=1S/C14H23BrN4O/c1-8(2)10-5-4-9(3)6-11(10)20-14-12(15)13(19-16)17-7-18-14/h7-11H,4-6,16H2,1-3H3,(H,17,18,19). The molecule has 3 atom stereocenters. The van der Waals surface area contributed by atoms with E-state index in [9.17, 15) is 0 Å². The molecule has 1 aliphatic rings. The minimum absolute atomic E-state index is 0.204. The van der Waals surface area contributed by atoms with E-state index >= 15 is 0 Å². The Kier molecular flexibility index (Phi) is 5.21. The normalized spacial score (nSPS) is 26.6. The van der Waals surface area contributed by atoms with E-state index in [0.717, 1.165) is 6.42 Å². The van der Waals surface area contributed by atoms with Crippen molar-refractivity contribution < 1.29 is 4.74 Å². The third-order valence-corrected chi connectivity index (χ3v) is 4.83. The predicted octanol–water partition coefficient (Wildman–Crippen LogP) is 3.36. The second-order valence-corrected chi connectivity index (χ2v) is 6.76. The molecule has 0 bridgehead atoms. The van der Waals surface area contributed by atoms with Gasteiger partial charge in [-0.15, -0.1) is 0 Å². The Balaban J connectivity index is 2.18. The average Bonchev–Trinajstić information content (AvgIpc) is 2.41. The van der Waals surface area contributed by atoms with Crippen molar-refractivity contribution in [3.8, 4) is 5.88 Å². The smallest absolute Gasteiger partial charge is 0.233 e. The molecule has 0 spiro atoms. The third kappa shape index (κ3) is 3.41. The number of nitrogens with two attached hydrogens (primary N) is 1. The maximum absolute atomic E-state index is 6.18. The molecule has 0 aliphatic heterocycles. The van der Waals surface area contributed by atoms with Gasteiger partial charge in [0.1, 0.15) is 16.9 Å². The summed E-state index contributed by atoms with van der Waals surface area (Å²) in [6.07, 6.45) is 5.24. The topological polar surface area (TPSA) is 73.1 Å². The van der Waals surface area contributed by atoms with Crippen LogP contribution in [0.5, 0.6) is 5.88 Å². The zero-order valence-electron chi connectivity index (χ0n) is 12.3. The SMILES string of the molecule is CC1CCC(C(C)C)C(Oc2ncnc(NN)c2Br)C1. The van der Waals surface area contributed by atoms with Gasteiger partial charge in [-0.1, -0.05) is 27.2 Å². The number of nitrogen functional groups attached to an aromatic ring is 1. The largest absolute Gasteiger partial charge is 0.473 e. The van der Waals surface area contributed by atoms with Crippen molar-refractivity contribution in [2.75, 3.05) is 5.43 Å². The van der Waals surface area contributed by atoms with Crippen molar-refractivity contribution in [2.24, 2.45) is 23.6 Å². The van der Waals surface area contributed by atoms with E-state index in [1.807, 2.05) is 0 Å². The summed E-state index contributed by atoms with van der Waals surface area (Å²) in [4.78, 5) is 8.27. The van der Waals surface area contributed by atoms with Crippen LogP contribution in [0.2, 0.25) is 0 Å². The highest BCUT2D eigenvalue weighted by Crippen LogP contribution is 2.37. The summed E-state index contributed by atoms with van der Waals surface area (Å²) in [5.74, 6) is 8.41. The number of nitrogens with one attached hydrogen (secondary N) is 1. The Hall–Kier alpha value is -0.880. The molecule has 3 unspecified atom stereocenters. The number of nitrogens with zero attached hydrogens (tertiary/aromatic N) is 2. The zero-order valence-corrected chi connectivity index (χ0v) is 13.9. The Morgan fingerprint density at radius 1 is 1.40 bits per heavy atom. The number of rotatable bonds is 4. The van der Waals surface area contributed by atoms with Gasteiger partial charge in [0.25, 0.3) is 0 Å². The van der Waals surface area contributed by atoms with Gasteiger partial charge in [-0.2, -0.15) is 0 Å². The van der Waals surface area contributed by atoms with Gasteiger partial charge in [0.05, 0.1) is 0 Å². The molecule has 1 fully saturated rings. The summed E-state index contributed by atoms with van der Waals surface area (Å²) < 4.78 is 6.86. The van der Waals surface area contributed by atoms with Gasteiger partial charge in [0.2, 0.25) is 5.88 Å². The first-order valence-electron chi connectivity index (χ1n) is 7.16. The maximum Gasteiger partial charge on any atom is 0.233 e. The van der Waals surface area contributed by atoms with Crippen LogP contribution < -0.4 is 16.0 Å². The lowest BCUT2D eigenvalue weighted by Gasteiger charge is -2.37. The highest BCUT2D eigenvalue weighted by molar-refractivity contribution is 9.10. The lowest BCUT2D eigenvalue weighted by atomic mass is 9.75. The first-order valence-corrected chi connectivity index (χ1v) is 7.96. The lowest BCUT2D eigenvalue weighted by molar-refractivity contribution is 0.0420. The number of halogens is 1. The molecule has 1 aromatic rings. The summed E-state index contributed by atoms with van der Waals surface area (Å²) in [7, 11) is 0. The summed E-state index contributed by atoms with van der Waals surface area (Å²) in [6.45, 7) is 6.81. The van der Waals surface area contributed by atoms with Crippen LogP contribution >= 0.6 is 15.9 Å². The van der Waals surface area contributed by atoms with Crippen molar-refractivity contribution >= 4 is 21.7 Å². The van der Waals surface area contributed by atoms with Gasteiger partial charge in [-0.05, 0) is 46.5 Å². The molecular formula is C14H23BrN4O. The van der Waals surface area contributed by atoms with Crippen molar-refractivity contribution in [3.05, 3.63) is 10.8 Å². The fourth-order valence-corrected chi connectivity index (χ4v) is 3.34. The molecule has 0 amide bonds. The van der Waals surface area contributed by atoms with E-state index in [4.69, 9.17) is 10.6 Å². The van der Waals surface area contributed by atoms with Gasteiger partial charge in [0.15, 0.2) is 5.82 Å². The summed E-state index contributed by atoms with van der Waals surface area (Å²) >= 11 is 3.45. The van der Waals surface area contributed by atoms with Crippen molar-refractivity contribution in [1.82, 2.24) is 9.97 Å². The molecule has 2 rings (SSSR count). The molecule has 1 heterocycles. The Bertz CT molecular complexity index is 455. The van der Waals surface area contributed by atoms with Crippen molar-refractivity contribution in [2.45, 2.75) is 46.1 Å². The molecule has 1 aliphatic carbocycles. The fraction of sp³-hybridized carbons (Fsp3) is 0.714. The molecule has 0 aromatic carbocycles. The molecule has 1 saturated carbocycles. The van der Waals surface area contributed by atoms with E-state index < -0.39 is 0 Å². The quantitative estimate of drug-likeness (QED) is 0.648. The summed E-state index contributed by atoms with van der Waals surface area (Å²) in [5.41, 5.74) is 2.54. The van der Waals surface area contributed by atoms with Crippen LogP contribution in [-0.4, -0.2) is 16.1 Å². The molecule has 1 aromatic heterocycles. The highest BCUT2D eigenvalue weighted by atomic mass is 79.9. The fourth-order valence-electron chi connectivity index (χ4n) is 2.93. The number of hydrogen-bond acceptors (Lipinski definition) is 5. The number of hydrazine groups is 1.